The molecule has 0 fully saturated rings. The molecule has 0 spiro atoms. The van der Waals surface area contributed by atoms with Gasteiger partial charge in [-0.25, -0.2) is 0 Å². The van der Waals surface area contributed by atoms with Gasteiger partial charge < -0.3 is 0 Å². The van der Waals surface area contributed by atoms with Gasteiger partial charge in [0.25, 0.3) is 0 Å². The molecule has 0 aliphatic heterocycles. The Morgan fingerprint density at radius 3 is 0.179 bits per heavy atom. The molecule has 0 rings (SSSR count). The largest absolute Gasteiger partial charge is 0 e. The molecule has 0 heterocycles. The Morgan fingerprint density at radius 2 is 0.179 bits per heavy atom. The number of hydrogen-bond acceptors (Lipinski definition) is 0. The summed E-state index contributed by atoms with van der Waals surface area (Å²) in [4.78, 5) is 0. The first-order valence-corrected chi connectivity index (χ1v) is 0. The maximum Gasteiger partial charge on any atom is 0 e. The monoisotopic (exact) mass is 6670 g/mol. The zero-order valence-corrected chi connectivity index (χ0v) is 131. The van der Waals surface area contributed by atoms with E-state index in [2.05, 4.69) is 0 Å². The molecule has 0 saturated carbocycles. The molecule has 0 amide bonds. The maximum atomic E-state index is 6.08. The molecular weight excluding hydrogens is 6660 g/mol. The van der Waals surface area contributed by atoms with Crippen molar-refractivity contribution in [2.45, 2.75) is 0 Å². The van der Waals surface area contributed by atoms with Crippen LogP contribution in [0.2, 0.25) is 0 Å². The van der Waals surface area contributed by atoms with E-state index >= 15 is 0 Å². The molecule has 0 radical (unpaired) electrons. The Morgan fingerprint density at radius 1 is 0.179 bits per heavy atom. The van der Waals surface area contributed by atoms with Crippen molar-refractivity contribution in [3.8, 4) is 0 Å². The van der Waals surface area contributed by atoms with E-state index in [4.69, 9.17) is 0.387 Å². The van der Waals surface area contributed by atoms with Gasteiger partial charge in [0.15, 0.2) is 0 Å². The van der Waals surface area contributed by atoms with Crippen LogP contribution in [-0.4, -0.2) is 0.387 Å². The Balaban J connectivity index is -0.0000000000570. The van der Waals surface area contributed by atoms with Crippen LogP contribution in [0.15, 0.2) is 0 Å². The summed E-state index contributed by atoms with van der Waals surface area (Å²) in [6, 6.07) is 0. The topological polar surface area (TPSA) is 0 Å². The molecule has 0 bridgehead atoms. The van der Waals surface area contributed by atoms with Crippen LogP contribution in [0, 0.1) is 871 Å². The molecule has 0 nitrogen and oxygen atoms in total. The van der Waals surface area contributed by atoms with Crippen molar-refractivity contribution in [1.29, 1.82) is 0.387 Å². The van der Waals surface area contributed by atoms with Crippen LogP contribution in [0.5, 0.6) is 0 Å². The minimum Gasteiger partial charge on any atom is 0 e. The SMILES string of the molecule is [3H][U][3H].[U].[U].[U].[U].[U].[U].[U].[U].[U].[U].[U].[U].[U].[U].[U].[U].[U].[U].[U].[U].[U].[U].[U].[U].[U].[U].[U]. The van der Waals surface area contributed by atoms with Crippen molar-refractivity contribution in [2.24, 2.45) is 0 Å². The van der Waals surface area contributed by atoms with Crippen molar-refractivity contribution < 1.29 is 871 Å². The Hall–Kier alpha value is 29.5. The third kappa shape index (κ3) is 190. The predicted octanol–water partition coefficient (Wildman–Crippen LogP) is -0.535. The first-order chi connectivity index (χ1) is 1.41. The van der Waals surface area contributed by atoms with E-state index in [1.165, 1.54) is 0 Å². The zero-order chi connectivity index (χ0) is 2.71. The molecule has 0 aliphatic rings. The minimum absolute atomic E-state index is 0. The number of hydrogen-bond donors (Lipinski definition) is 0. The van der Waals surface area contributed by atoms with Gasteiger partial charge >= 0.3 is 31.0 Å². The van der Waals surface area contributed by atoms with E-state index in [0.29, 0.717) is 0 Å². The van der Waals surface area contributed by atoms with Crippen molar-refractivity contribution in [3.63, 3.8) is 0 Å². The van der Waals surface area contributed by atoms with Crippen molar-refractivity contribution >= 4 is 0 Å². The minimum atomic E-state index is -1.51. The second kappa shape index (κ2) is 200. The summed E-state index contributed by atoms with van der Waals surface area (Å²) in [6.07, 6.45) is 0. The normalized spacial score (nSPS) is 0.429. The fourth-order valence-corrected chi connectivity index (χ4v) is 0. The molecule has 0 aromatic heterocycles. The van der Waals surface area contributed by atoms with E-state index in [1.54, 1.807) is 0 Å². The van der Waals surface area contributed by atoms with Gasteiger partial charge in [-0.15, -0.1) is 0 Å². The number of rotatable bonds is 0. The first-order valence-electron chi connectivity index (χ1n) is 1.00. The molecular formula is H2U28. The average molecular weight is 6670 g/mol. The van der Waals surface area contributed by atoms with E-state index < -0.39 is 30.6 Å². The quantitative estimate of drug-likeness (QED) is 0.307. The van der Waals surface area contributed by atoms with E-state index in [-0.39, 0.29) is 840 Å². The van der Waals surface area contributed by atoms with E-state index in [0.717, 1.165) is 0 Å². The summed E-state index contributed by atoms with van der Waals surface area (Å²) in [5, 5.41) is 0. The molecule has 0 aromatic rings. The second-order valence-electron chi connectivity index (χ2n) is 0. The molecule has 0 unspecified atom stereocenters. The summed E-state index contributed by atoms with van der Waals surface area (Å²) in [5.74, 6) is 0. The van der Waals surface area contributed by atoms with Crippen LogP contribution >= 0.6 is 0 Å². The fourth-order valence-electron chi connectivity index (χ4n) is 0. The third-order valence-electron chi connectivity index (χ3n) is 0. The van der Waals surface area contributed by atoms with Gasteiger partial charge in [-0.3, -0.25) is 0 Å². The smallest absolute Gasteiger partial charge is 0 e. The summed E-state index contributed by atoms with van der Waals surface area (Å²) in [7, 11) is 0. The molecule has 0 atom stereocenters. The third-order valence-corrected chi connectivity index (χ3v) is 0. The Bertz CT molecular complexity index is 10.6. The Labute approximate surface area is 838 Å². The molecule has 114 valence electrons. The summed E-state index contributed by atoms with van der Waals surface area (Å²) in [5.41, 5.74) is 0. The summed E-state index contributed by atoms with van der Waals surface area (Å²) >= 11 is -1.51. The van der Waals surface area contributed by atoms with Gasteiger partial charge in [0.2, 0.25) is 0 Å². The fraction of sp³-hybridized carbons (Fsp3) is 0. The van der Waals surface area contributed by atoms with Crippen LogP contribution in [0.4, 0.5) is 0 Å². The van der Waals surface area contributed by atoms with Crippen molar-refractivity contribution in [1.82, 2.24) is 0 Å². The molecule has 28 heteroatoms. The molecule has 0 N–H and O–H groups in total. The zero-order valence-electron chi connectivity index (χ0n) is 16.0. The van der Waals surface area contributed by atoms with Crippen molar-refractivity contribution in [3.05, 3.63) is 0 Å². The van der Waals surface area contributed by atoms with E-state index in [1.807, 2.05) is 0 Å². The molecule has 0 aromatic carbocycles. The van der Waals surface area contributed by atoms with E-state index in [9.17, 15) is 0 Å². The van der Waals surface area contributed by atoms with Gasteiger partial charge in [0, 0.05) is 840 Å². The molecule has 0 aliphatic carbocycles. The summed E-state index contributed by atoms with van der Waals surface area (Å²) < 4.78 is 12.2. The van der Waals surface area contributed by atoms with Gasteiger partial charge in [0.05, 0.1) is 0 Å². The summed E-state index contributed by atoms with van der Waals surface area (Å²) in [6.45, 7) is 0. The standard InChI is InChI=1S/28U.2H/i;;;;;;;;;;;;;;;;;;;;;;;;;;;;2*1+2. The predicted molar refractivity (Wildman–Crippen MR) is 2.79 cm³/mol. The van der Waals surface area contributed by atoms with Crippen LogP contribution in [0.3, 0.4) is 0 Å². The Kier molecular flexibility index (Phi) is 1320. The van der Waals surface area contributed by atoms with Gasteiger partial charge in [-0.05, 0) is 0 Å². The van der Waals surface area contributed by atoms with Crippen LogP contribution in [0.1, 0.15) is 0 Å². The van der Waals surface area contributed by atoms with Gasteiger partial charge in [-0.2, -0.15) is 0 Å². The van der Waals surface area contributed by atoms with Gasteiger partial charge in [0.1, 0.15) is 0 Å². The van der Waals surface area contributed by atoms with Crippen LogP contribution in [-0.2, 0) is 0 Å². The first kappa shape index (κ1) is 185. The van der Waals surface area contributed by atoms with Crippen molar-refractivity contribution in [2.75, 3.05) is 0 Å². The van der Waals surface area contributed by atoms with Crippen LogP contribution in [0.25, 0.3) is 0 Å². The average Bonchev–Trinajstić information content (AvgIpc) is 0.918. The van der Waals surface area contributed by atoms with Crippen LogP contribution < -0.4 is 0 Å². The maximum absolute atomic E-state index is 6.08. The second-order valence-corrected chi connectivity index (χ2v) is 0. The molecule has 0 saturated heterocycles. The molecule has 28 heavy (non-hydrogen) atoms. The van der Waals surface area contributed by atoms with Gasteiger partial charge in [-0.1, -0.05) is 0 Å².